The molecule has 3 unspecified atom stereocenters. The van der Waals surface area contributed by atoms with Crippen molar-refractivity contribution in [3.63, 3.8) is 0 Å². The Bertz CT molecular complexity index is 677. The predicted molar refractivity (Wildman–Crippen MR) is 112 cm³/mol. The fourth-order valence-electron chi connectivity index (χ4n) is 2.52. The van der Waals surface area contributed by atoms with Crippen LogP contribution in [0.5, 0.6) is 0 Å². The average molecular weight is 433 g/mol. The Labute approximate surface area is 177 Å². The first-order valence-corrected chi connectivity index (χ1v) is 9.99. The second kappa shape index (κ2) is 10.9. The summed E-state index contributed by atoms with van der Waals surface area (Å²) in [6.45, 7) is 9.34. The number of carbonyl (C=O) groups excluding carboxylic acids is 2. The topological polar surface area (TPSA) is 76.7 Å². The quantitative estimate of drug-likeness (QED) is 0.621. The lowest BCUT2D eigenvalue weighted by Gasteiger charge is -2.27. The van der Waals surface area contributed by atoms with Gasteiger partial charge < -0.3 is 20.1 Å². The molecule has 0 radical (unpaired) electrons. The third-order valence-electron chi connectivity index (χ3n) is 4.22. The molecule has 8 heteroatoms. The number of methoxy groups -OCH3 is 1. The highest BCUT2D eigenvalue weighted by molar-refractivity contribution is 6.35. The van der Waals surface area contributed by atoms with Crippen LogP contribution in [-0.2, 0) is 14.3 Å². The van der Waals surface area contributed by atoms with Gasteiger partial charge in [0.2, 0.25) is 5.91 Å². The lowest BCUT2D eigenvalue weighted by molar-refractivity contribution is -0.125. The molecule has 0 saturated heterocycles. The van der Waals surface area contributed by atoms with Crippen molar-refractivity contribution in [3.8, 4) is 0 Å². The molecule has 0 aliphatic heterocycles. The fraction of sp³-hybridized carbons (Fsp3) is 0.600. The maximum Gasteiger partial charge on any atom is 0.408 e. The van der Waals surface area contributed by atoms with Gasteiger partial charge in [-0.15, -0.1) is 0 Å². The number of alkyl carbamates (subject to hydrolysis) is 1. The van der Waals surface area contributed by atoms with Crippen LogP contribution < -0.4 is 10.6 Å². The SMILES string of the molecule is CCC(C)C(NC(=O)OC(C)(C)C)C(=O)NCC(OC)c1ccc(Cl)cc1Cl. The standard InChI is InChI=1S/C20H30Cl2N2O4/c1-7-12(2)17(24-19(26)28-20(3,4)5)18(25)23-11-16(27-6)14-9-8-13(21)10-15(14)22/h8-10,12,16-17H,7,11H2,1-6H3,(H,23,25)(H,24,26). The minimum absolute atomic E-state index is 0.0763. The third kappa shape index (κ3) is 7.86. The summed E-state index contributed by atoms with van der Waals surface area (Å²) in [6, 6.07) is 4.37. The molecule has 0 bridgehead atoms. The minimum atomic E-state index is -0.724. The zero-order valence-corrected chi connectivity index (χ0v) is 18.8. The van der Waals surface area contributed by atoms with E-state index in [-0.39, 0.29) is 18.4 Å². The van der Waals surface area contributed by atoms with Gasteiger partial charge in [-0.2, -0.15) is 0 Å². The Morgan fingerprint density at radius 3 is 2.36 bits per heavy atom. The van der Waals surface area contributed by atoms with Crippen molar-refractivity contribution < 1.29 is 19.1 Å². The van der Waals surface area contributed by atoms with Crippen molar-refractivity contribution in [2.45, 2.75) is 58.8 Å². The van der Waals surface area contributed by atoms with Gasteiger partial charge in [-0.25, -0.2) is 4.79 Å². The molecule has 6 nitrogen and oxygen atoms in total. The van der Waals surface area contributed by atoms with E-state index in [1.165, 1.54) is 7.11 Å². The van der Waals surface area contributed by atoms with Gasteiger partial charge in [0.1, 0.15) is 17.7 Å². The van der Waals surface area contributed by atoms with Crippen LogP contribution in [0.25, 0.3) is 0 Å². The van der Waals surface area contributed by atoms with E-state index in [0.717, 1.165) is 0 Å². The van der Waals surface area contributed by atoms with E-state index in [9.17, 15) is 9.59 Å². The van der Waals surface area contributed by atoms with Crippen LogP contribution in [0.3, 0.4) is 0 Å². The van der Waals surface area contributed by atoms with Crippen LogP contribution in [0.1, 0.15) is 52.7 Å². The van der Waals surface area contributed by atoms with Gasteiger partial charge in [-0.1, -0.05) is 49.5 Å². The maximum atomic E-state index is 12.7. The predicted octanol–water partition coefficient (Wildman–Crippen LogP) is 4.74. The number of hydrogen-bond acceptors (Lipinski definition) is 4. The zero-order chi connectivity index (χ0) is 21.5. The van der Waals surface area contributed by atoms with Crippen LogP contribution in [-0.4, -0.2) is 37.3 Å². The van der Waals surface area contributed by atoms with E-state index in [0.29, 0.717) is 22.0 Å². The molecule has 1 rings (SSSR count). The molecule has 0 aliphatic rings. The van der Waals surface area contributed by atoms with Crippen LogP contribution in [0.2, 0.25) is 10.0 Å². The molecule has 0 aromatic heterocycles. The van der Waals surface area contributed by atoms with E-state index in [1.54, 1.807) is 39.0 Å². The first-order chi connectivity index (χ1) is 13.0. The van der Waals surface area contributed by atoms with Gasteiger partial charge in [-0.3, -0.25) is 4.79 Å². The van der Waals surface area contributed by atoms with Crippen LogP contribution in [0.4, 0.5) is 4.79 Å². The summed E-state index contributed by atoms with van der Waals surface area (Å²) < 4.78 is 10.7. The van der Waals surface area contributed by atoms with Gasteiger partial charge in [0, 0.05) is 29.3 Å². The summed E-state index contributed by atoms with van der Waals surface area (Å²) in [5, 5.41) is 6.48. The van der Waals surface area contributed by atoms with Crippen molar-refractivity contribution in [1.82, 2.24) is 10.6 Å². The Hall–Kier alpha value is -1.50. The monoisotopic (exact) mass is 432 g/mol. The zero-order valence-electron chi connectivity index (χ0n) is 17.3. The molecular weight excluding hydrogens is 403 g/mol. The molecule has 0 saturated carbocycles. The molecule has 1 aromatic carbocycles. The maximum absolute atomic E-state index is 12.7. The molecule has 0 fully saturated rings. The normalized spacial score (nSPS) is 14.7. The second-order valence-corrected chi connectivity index (χ2v) is 8.49. The number of ether oxygens (including phenoxy) is 2. The summed E-state index contributed by atoms with van der Waals surface area (Å²) in [5.74, 6) is -0.389. The Morgan fingerprint density at radius 1 is 1.21 bits per heavy atom. The van der Waals surface area contributed by atoms with Crippen LogP contribution in [0, 0.1) is 5.92 Å². The summed E-state index contributed by atoms with van der Waals surface area (Å²) >= 11 is 12.2. The molecule has 3 atom stereocenters. The van der Waals surface area contributed by atoms with Gasteiger partial charge in [0.05, 0.1) is 0 Å². The van der Waals surface area contributed by atoms with Crippen molar-refractivity contribution in [2.75, 3.05) is 13.7 Å². The Balaban J connectivity index is 2.82. The Kier molecular flexibility index (Phi) is 9.54. The summed E-state index contributed by atoms with van der Waals surface area (Å²) in [4.78, 5) is 24.9. The fourth-order valence-corrected chi connectivity index (χ4v) is 3.05. The molecule has 28 heavy (non-hydrogen) atoms. The lowest BCUT2D eigenvalue weighted by Crippen LogP contribution is -2.52. The van der Waals surface area contributed by atoms with E-state index >= 15 is 0 Å². The first-order valence-electron chi connectivity index (χ1n) is 9.23. The van der Waals surface area contributed by atoms with Gasteiger partial charge >= 0.3 is 6.09 Å². The number of carbonyl (C=O) groups is 2. The van der Waals surface area contributed by atoms with E-state index < -0.39 is 23.8 Å². The second-order valence-electron chi connectivity index (χ2n) is 7.64. The largest absolute Gasteiger partial charge is 0.444 e. The van der Waals surface area contributed by atoms with Crippen LogP contribution >= 0.6 is 23.2 Å². The molecule has 158 valence electrons. The number of benzene rings is 1. The van der Waals surface area contributed by atoms with Crippen LogP contribution in [0.15, 0.2) is 18.2 Å². The molecule has 0 heterocycles. The average Bonchev–Trinajstić information content (AvgIpc) is 2.59. The van der Waals surface area contributed by atoms with Crippen molar-refractivity contribution in [3.05, 3.63) is 33.8 Å². The van der Waals surface area contributed by atoms with Crippen molar-refractivity contribution in [2.24, 2.45) is 5.92 Å². The van der Waals surface area contributed by atoms with E-state index in [2.05, 4.69) is 10.6 Å². The van der Waals surface area contributed by atoms with E-state index in [4.69, 9.17) is 32.7 Å². The van der Waals surface area contributed by atoms with Gasteiger partial charge in [0.15, 0.2) is 0 Å². The summed E-state index contributed by atoms with van der Waals surface area (Å²) in [5.41, 5.74) is 0.0709. The first kappa shape index (κ1) is 24.5. The number of rotatable bonds is 8. The number of hydrogen-bond donors (Lipinski definition) is 2. The molecular formula is C20H30Cl2N2O4. The number of amides is 2. The third-order valence-corrected chi connectivity index (χ3v) is 4.79. The van der Waals surface area contributed by atoms with Gasteiger partial charge in [0.25, 0.3) is 0 Å². The number of halogens is 2. The van der Waals surface area contributed by atoms with Crippen molar-refractivity contribution >= 4 is 35.2 Å². The summed E-state index contributed by atoms with van der Waals surface area (Å²) in [7, 11) is 1.53. The smallest absolute Gasteiger partial charge is 0.408 e. The van der Waals surface area contributed by atoms with E-state index in [1.807, 2.05) is 13.8 Å². The highest BCUT2D eigenvalue weighted by Gasteiger charge is 2.29. The molecule has 0 aliphatic carbocycles. The molecule has 2 N–H and O–H groups in total. The highest BCUT2D eigenvalue weighted by Crippen LogP contribution is 2.27. The number of nitrogens with one attached hydrogen (secondary N) is 2. The van der Waals surface area contributed by atoms with Crippen molar-refractivity contribution in [1.29, 1.82) is 0 Å². The minimum Gasteiger partial charge on any atom is -0.444 e. The lowest BCUT2D eigenvalue weighted by atomic mass is 9.98. The molecule has 2 amide bonds. The van der Waals surface area contributed by atoms with Gasteiger partial charge in [-0.05, 0) is 38.8 Å². The summed E-state index contributed by atoms with van der Waals surface area (Å²) in [6.07, 6.45) is -0.366. The molecule has 0 spiro atoms. The molecule has 1 aromatic rings. The Morgan fingerprint density at radius 2 is 1.86 bits per heavy atom. The highest BCUT2D eigenvalue weighted by atomic mass is 35.5.